The van der Waals surface area contributed by atoms with Crippen LogP contribution in [0, 0.1) is 20.8 Å². The average Bonchev–Trinajstić information content (AvgIpc) is 3.04. The third-order valence-corrected chi connectivity index (χ3v) is 5.70. The fraction of sp³-hybridized carbons (Fsp3) is 0.185. The molecule has 0 spiro atoms. The van der Waals surface area contributed by atoms with Crippen LogP contribution in [0.25, 0.3) is 5.57 Å². The van der Waals surface area contributed by atoms with Crippen LogP contribution in [0.3, 0.4) is 0 Å². The van der Waals surface area contributed by atoms with Crippen LogP contribution in [-0.2, 0) is 9.59 Å². The monoisotopic (exact) mass is 442 g/mol. The van der Waals surface area contributed by atoms with Crippen LogP contribution in [0.4, 0.5) is 11.4 Å². The number of nitrogens with one attached hydrogen (secondary N) is 1. The molecule has 0 fully saturated rings. The van der Waals surface area contributed by atoms with E-state index >= 15 is 0 Å². The Bertz CT molecular complexity index is 1280. The molecule has 4 rings (SSSR count). The average molecular weight is 443 g/mol. The molecule has 33 heavy (non-hydrogen) atoms. The van der Waals surface area contributed by atoms with Gasteiger partial charge in [0.05, 0.1) is 31.2 Å². The van der Waals surface area contributed by atoms with E-state index in [4.69, 9.17) is 9.47 Å². The quantitative estimate of drug-likeness (QED) is 0.543. The van der Waals surface area contributed by atoms with E-state index in [9.17, 15) is 9.59 Å². The molecule has 6 nitrogen and oxygen atoms in total. The molecule has 1 aliphatic rings. The number of imide groups is 1. The molecule has 0 atom stereocenters. The van der Waals surface area contributed by atoms with Crippen LogP contribution in [-0.4, -0.2) is 26.0 Å². The first-order chi connectivity index (χ1) is 15.8. The summed E-state index contributed by atoms with van der Waals surface area (Å²) in [7, 11) is 3.11. The molecule has 2 amide bonds. The van der Waals surface area contributed by atoms with E-state index in [2.05, 4.69) is 5.32 Å². The summed E-state index contributed by atoms with van der Waals surface area (Å²) in [6, 6.07) is 18.4. The maximum Gasteiger partial charge on any atom is 0.282 e. The number of ether oxygens (including phenoxy) is 2. The van der Waals surface area contributed by atoms with Crippen molar-refractivity contribution in [3.05, 3.63) is 88.6 Å². The molecule has 0 bridgehead atoms. The van der Waals surface area contributed by atoms with Crippen molar-refractivity contribution in [3.8, 4) is 11.5 Å². The van der Waals surface area contributed by atoms with Crippen LogP contribution in [0.1, 0.15) is 22.3 Å². The fourth-order valence-corrected chi connectivity index (χ4v) is 3.95. The predicted molar refractivity (Wildman–Crippen MR) is 130 cm³/mol. The lowest BCUT2D eigenvalue weighted by Crippen LogP contribution is -2.32. The van der Waals surface area contributed by atoms with Gasteiger partial charge in [0.1, 0.15) is 17.2 Å². The van der Waals surface area contributed by atoms with Gasteiger partial charge in [-0.15, -0.1) is 0 Å². The normalized spacial score (nSPS) is 13.5. The van der Waals surface area contributed by atoms with Crippen LogP contribution >= 0.6 is 0 Å². The molecule has 0 saturated carbocycles. The van der Waals surface area contributed by atoms with Crippen LogP contribution in [0.5, 0.6) is 11.5 Å². The maximum absolute atomic E-state index is 13.7. The summed E-state index contributed by atoms with van der Waals surface area (Å²) in [6.45, 7) is 5.89. The van der Waals surface area contributed by atoms with E-state index in [1.165, 1.54) is 4.90 Å². The number of rotatable bonds is 6. The molecule has 6 heteroatoms. The lowest BCUT2D eigenvalue weighted by Gasteiger charge is -2.16. The number of carbonyl (C=O) groups excluding carboxylic acids is 2. The van der Waals surface area contributed by atoms with E-state index in [1.54, 1.807) is 44.6 Å². The SMILES string of the molecule is COc1ccc(NC2=C(c3ccc(C)cc3C)C(=O)N(c3ccc(C)cc3)C2=O)c(OC)c1. The molecule has 3 aromatic carbocycles. The number of anilines is 2. The lowest BCUT2D eigenvalue weighted by atomic mass is 9.97. The Morgan fingerprint density at radius 3 is 2.09 bits per heavy atom. The minimum atomic E-state index is -0.420. The smallest absolute Gasteiger partial charge is 0.282 e. The van der Waals surface area contributed by atoms with Crippen molar-refractivity contribution in [2.75, 3.05) is 24.4 Å². The van der Waals surface area contributed by atoms with Gasteiger partial charge in [-0.05, 0) is 56.2 Å². The minimum Gasteiger partial charge on any atom is -0.497 e. The lowest BCUT2D eigenvalue weighted by molar-refractivity contribution is -0.120. The first-order valence-corrected chi connectivity index (χ1v) is 10.6. The van der Waals surface area contributed by atoms with Gasteiger partial charge in [-0.1, -0.05) is 41.5 Å². The number of hydrogen-bond donors (Lipinski definition) is 1. The van der Waals surface area contributed by atoms with Crippen LogP contribution < -0.4 is 19.7 Å². The first-order valence-electron chi connectivity index (χ1n) is 10.6. The topological polar surface area (TPSA) is 67.9 Å². The third-order valence-electron chi connectivity index (χ3n) is 5.70. The standard InChI is InChI=1S/C27H26N2O4/c1-16-6-9-19(10-7-16)29-26(30)24(21-12-8-17(2)14-18(21)3)25(27(29)31)28-22-13-11-20(32-4)15-23(22)33-5/h6-15,28H,1-5H3. The van der Waals surface area contributed by atoms with E-state index in [0.29, 0.717) is 34.0 Å². The Kier molecular flexibility index (Phi) is 5.92. The highest BCUT2D eigenvalue weighted by molar-refractivity contribution is 6.46. The van der Waals surface area contributed by atoms with Gasteiger partial charge in [-0.3, -0.25) is 9.59 Å². The second kappa shape index (κ2) is 8.82. The van der Waals surface area contributed by atoms with Gasteiger partial charge >= 0.3 is 0 Å². The number of aryl methyl sites for hydroxylation is 3. The Morgan fingerprint density at radius 2 is 1.45 bits per heavy atom. The van der Waals surface area contributed by atoms with Gasteiger partial charge in [-0.2, -0.15) is 0 Å². The van der Waals surface area contributed by atoms with Gasteiger partial charge in [0.25, 0.3) is 11.8 Å². The number of amides is 2. The fourth-order valence-electron chi connectivity index (χ4n) is 3.95. The zero-order valence-corrected chi connectivity index (χ0v) is 19.4. The largest absolute Gasteiger partial charge is 0.497 e. The van der Waals surface area contributed by atoms with Crippen molar-refractivity contribution in [3.63, 3.8) is 0 Å². The molecule has 0 saturated heterocycles. The Morgan fingerprint density at radius 1 is 0.758 bits per heavy atom. The molecular weight excluding hydrogens is 416 g/mol. The second-order valence-electron chi connectivity index (χ2n) is 8.04. The van der Waals surface area contributed by atoms with Crippen molar-refractivity contribution in [1.82, 2.24) is 0 Å². The van der Waals surface area contributed by atoms with Gasteiger partial charge in [-0.25, -0.2) is 4.90 Å². The molecule has 1 N–H and O–H groups in total. The van der Waals surface area contributed by atoms with Crippen molar-refractivity contribution >= 4 is 28.8 Å². The highest BCUT2D eigenvalue weighted by Gasteiger charge is 2.41. The highest BCUT2D eigenvalue weighted by atomic mass is 16.5. The molecule has 0 aromatic heterocycles. The van der Waals surface area contributed by atoms with Crippen molar-refractivity contribution in [2.45, 2.75) is 20.8 Å². The molecular formula is C27H26N2O4. The molecule has 3 aromatic rings. The van der Waals surface area contributed by atoms with E-state index in [1.807, 2.05) is 51.1 Å². The Balaban J connectivity index is 1.86. The van der Waals surface area contributed by atoms with Crippen molar-refractivity contribution < 1.29 is 19.1 Å². The summed E-state index contributed by atoms with van der Waals surface area (Å²) in [5.41, 5.74) is 5.37. The molecule has 1 heterocycles. The number of hydrogen-bond acceptors (Lipinski definition) is 5. The summed E-state index contributed by atoms with van der Waals surface area (Å²) in [4.78, 5) is 28.5. The summed E-state index contributed by atoms with van der Waals surface area (Å²) >= 11 is 0. The van der Waals surface area contributed by atoms with Gasteiger partial charge in [0.15, 0.2) is 0 Å². The van der Waals surface area contributed by atoms with Gasteiger partial charge < -0.3 is 14.8 Å². The predicted octanol–water partition coefficient (Wildman–Crippen LogP) is 5.03. The summed E-state index contributed by atoms with van der Waals surface area (Å²) in [5.74, 6) is 0.328. The molecule has 0 unspecified atom stereocenters. The highest BCUT2D eigenvalue weighted by Crippen LogP contribution is 2.37. The zero-order chi connectivity index (χ0) is 23.7. The van der Waals surface area contributed by atoms with E-state index in [0.717, 1.165) is 16.7 Å². The summed E-state index contributed by atoms with van der Waals surface area (Å²) in [6.07, 6.45) is 0. The minimum absolute atomic E-state index is 0.205. The molecule has 0 aliphatic carbocycles. The zero-order valence-electron chi connectivity index (χ0n) is 19.4. The number of carbonyl (C=O) groups is 2. The second-order valence-corrected chi connectivity index (χ2v) is 8.04. The Labute approximate surface area is 193 Å². The molecule has 0 radical (unpaired) electrons. The Hall–Kier alpha value is -4.06. The van der Waals surface area contributed by atoms with Gasteiger partial charge in [0, 0.05) is 6.07 Å². The van der Waals surface area contributed by atoms with Crippen LogP contribution in [0.15, 0.2) is 66.4 Å². The van der Waals surface area contributed by atoms with Crippen LogP contribution in [0.2, 0.25) is 0 Å². The third kappa shape index (κ3) is 4.07. The first kappa shape index (κ1) is 22.1. The van der Waals surface area contributed by atoms with E-state index < -0.39 is 5.91 Å². The summed E-state index contributed by atoms with van der Waals surface area (Å²) < 4.78 is 10.8. The number of benzene rings is 3. The summed E-state index contributed by atoms with van der Waals surface area (Å²) in [5, 5.41) is 3.18. The molecule has 1 aliphatic heterocycles. The van der Waals surface area contributed by atoms with E-state index in [-0.39, 0.29) is 11.6 Å². The van der Waals surface area contributed by atoms with Crippen molar-refractivity contribution in [2.24, 2.45) is 0 Å². The van der Waals surface area contributed by atoms with Gasteiger partial charge in [0.2, 0.25) is 0 Å². The van der Waals surface area contributed by atoms with Crippen molar-refractivity contribution in [1.29, 1.82) is 0 Å². The number of nitrogens with zero attached hydrogens (tertiary/aromatic N) is 1. The number of methoxy groups -OCH3 is 2. The molecule has 168 valence electrons. The maximum atomic E-state index is 13.7.